The number of aromatic nitrogens is 1. The van der Waals surface area contributed by atoms with Gasteiger partial charge in [0.2, 0.25) is 0 Å². The normalized spacial score (nSPS) is 10.8. The number of para-hydroxylation sites is 1. The molecule has 30 heavy (non-hydrogen) atoms. The molecule has 1 amide bonds. The van der Waals surface area contributed by atoms with E-state index in [4.69, 9.17) is 18.9 Å². The first-order chi connectivity index (χ1) is 14.6. The Hall–Kier alpha value is -3.36. The minimum atomic E-state index is -0.525. The molecule has 0 bridgehead atoms. The molecular formula is C22H25N3O5. The van der Waals surface area contributed by atoms with Crippen LogP contribution in [-0.4, -0.2) is 52.2 Å². The molecule has 0 unspecified atom stereocenters. The first-order valence-electron chi connectivity index (χ1n) is 9.32. The van der Waals surface area contributed by atoms with Crippen molar-refractivity contribution < 1.29 is 23.7 Å². The number of hydrogen-bond acceptors (Lipinski definition) is 7. The Morgan fingerprint density at radius 3 is 2.47 bits per heavy atom. The Morgan fingerprint density at radius 1 is 1.00 bits per heavy atom. The Bertz CT molecular complexity index is 1020. The van der Waals surface area contributed by atoms with Crippen LogP contribution in [0.3, 0.4) is 0 Å². The third kappa shape index (κ3) is 4.79. The lowest BCUT2D eigenvalue weighted by Gasteiger charge is -2.16. The molecule has 0 aliphatic carbocycles. The van der Waals surface area contributed by atoms with Crippen LogP contribution in [-0.2, 0) is 9.47 Å². The van der Waals surface area contributed by atoms with Crippen molar-refractivity contribution >= 4 is 28.3 Å². The number of anilines is 2. The van der Waals surface area contributed by atoms with Crippen LogP contribution in [0.5, 0.6) is 11.5 Å². The highest BCUT2D eigenvalue weighted by atomic mass is 16.7. The van der Waals surface area contributed by atoms with Crippen LogP contribution < -0.4 is 20.1 Å². The molecule has 0 saturated heterocycles. The lowest BCUT2D eigenvalue weighted by molar-refractivity contribution is -0.0974. The molecule has 0 saturated carbocycles. The van der Waals surface area contributed by atoms with E-state index in [0.717, 1.165) is 5.39 Å². The Balaban J connectivity index is 1.94. The number of amides is 1. The highest BCUT2D eigenvalue weighted by Gasteiger charge is 2.16. The van der Waals surface area contributed by atoms with Gasteiger partial charge in [-0.1, -0.05) is 18.2 Å². The van der Waals surface area contributed by atoms with Crippen molar-refractivity contribution in [3.63, 3.8) is 0 Å². The van der Waals surface area contributed by atoms with Gasteiger partial charge in [-0.3, -0.25) is 4.79 Å². The predicted octanol–water partition coefficient (Wildman–Crippen LogP) is 3.34. The highest BCUT2D eigenvalue weighted by molar-refractivity contribution is 6.07. The molecule has 2 aromatic carbocycles. The number of ether oxygens (including phenoxy) is 4. The summed E-state index contributed by atoms with van der Waals surface area (Å²) in [6.07, 6.45) is -0.525. The maximum Gasteiger partial charge on any atom is 0.252 e. The second-order valence-electron chi connectivity index (χ2n) is 6.37. The average Bonchev–Trinajstić information content (AvgIpc) is 2.79. The minimum Gasteiger partial charge on any atom is -0.497 e. The van der Waals surface area contributed by atoms with Gasteiger partial charge in [-0.05, 0) is 24.3 Å². The summed E-state index contributed by atoms with van der Waals surface area (Å²) in [7, 11) is 6.21. The molecule has 1 heterocycles. The lowest BCUT2D eigenvalue weighted by atomic mass is 10.1. The third-order valence-corrected chi connectivity index (χ3v) is 4.59. The van der Waals surface area contributed by atoms with Gasteiger partial charge in [0.05, 0.1) is 37.5 Å². The zero-order chi connectivity index (χ0) is 21.5. The monoisotopic (exact) mass is 411 g/mol. The largest absolute Gasteiger partial charge is 0.497 e. The number of methoxy groups -OCH3 is 4. The van der Waals surface area contributed by atoms with E-state index in [1.807, 2.05) is 36.4 Å². The van der Waals surface area contributed by atoms with E-state index in [1.54, 1.807) is 26.4 Å². The molecular weight excluding hydrogens is 386 g/mol. The van der Waals surface area contributed by atoms with E-state index in [-0.39, 0.29) is 12.5 Å². The number of rotatable bonds is 9. The van der Waals surface area contributed by atoms with E-state index >= 15 is 0 Å². The zero-order valence-electron chi connectivity index (χ0n) is 17.4. The van der Waals surface area contributed by atoms with Gasteiger partial charge in [-0.25, -0.2) is 4.98 Å². The molecule has 0 fully saturated rings. The Labute approximate surface area is 175 Å². The maximum atomic E-state index is 12.9. The van der Waals surface area contributed by atoms with Gasteiger partial charge < -0.3 is 29.6 Å². The summed E-state index contributed by atoms with van der Waals surface area (Å²) >= 11 is 0. The number of carbonyl (C=O) groups is 1. The topological polar surface area (TPSA) is 90.9 Å². The average molecular weight is 411 g/mol. The number of carbonyl (C=O) groups excluding carboxylic acids is 1. The maximum absolute atomic E-state index is 12.9. The minimum absolute atomic E-state index is 0.220. The van der Waals surface area contributed by atoms with E-state index in [1.165, 1.54) is 14.2 Å². The molecule has 0 spiro atoms. The summed E-state index contributed by atoms with van der Waals surface area (Å²) in [6.45, 7) is 0.220. The van der Waals surface area contributed by atoms with Gasteiger partial charge in [0.15, 0.2) is 6.29 Å². The molecule has 0 aliphatic rings. The Kier molecular flexibility index (Phi) is 7.05. The van der Waals surface area contributed by atoms with Crippen LogP contribution >= 0.6 is 0 Å². The molecule has 3 rings (SSSR count). The van der Waals surface area contributed by atoms with E-state index in [0.29, 0.717) is 34.1 Å². The van der Waals surface area contributed by atoms with Crippen molar-refractivity contribution in [1.82, 2.24) is 10.3 Å². The van der Waals surface area contributed by atoms with E-state index in [9.17, 15) is 4.79 Å². The summed E-state index contributed by atoms with van der Waals surface area (Å²) < 4.78 is 20.9. The molecule has 0 radical (unpaired) electrons. The van der Waals surface area contributed by atoms with Crippen LogP contribution in [0, 0.1) is 0 Å². The molecule has 2 N–H and O–H groups in total. The number of pyridine rings is 1. The molecule has 1 aromatic heterocycles. The molecule has 158 valence electrons. The van der Waals surface area contributed by atoms with Gasteiger partial charge in [0, 0.05) is 25.7 Å². The van der Waals surface area contributed by atoms with Gasteiger partial charge in [0.25, 0.3) is 5.91 Å². The van der Waals surface area contributed by atoms with E-state index < -0.39 is 6.29 Å². The number of nitrogens with zero attached hydrogens (tertiary/aromatic N) is 1. The van der Waals surface area contributed by atoms with Crippen molar-refractivity contribution in [2.24, 2.45) is 0 Å². The fraction of sp³-hybridized carbons (Fsp3) is 0.273. The number of fused-ring (bicyclic) bond motifs is 1. The van der Waals surface area contributed by atoms with Crippen molar-refractivity contribution in [2.45, 2.75) is 6.29 Å². The number of benzene rings is 2. The molecule has 8 heteroatoms. The van der Waals surface area contributed by atoms with Gasteiger partial charge in [-0.15, -0.1) is 0 Å². The molecule has 0 aliphatic heterocycles. The number of hydrogen-bond donors (Lipinski definition) is 2. The van der Waals surface area contributed by atoms with Crippen LogP contribution in [0.15, 0.2) is 48.5 Å². The van der Waals surface area contributed by atoms with Crippen LogP contribution in [0.4, 0.5) is 11.5 Å². The van der Waals surface area contributed by atoms with E-state index in [2.05, 4.69) is 15.6 Å². The first kappa shape index (κ1) is 21.4. The first-order valence-corrected chi connectivity index (χ1v) is 9.32. The zero-order valence-corrected chi connectivity index (χ0v) is 17.4. The van der Waals surface area contributed by atoms with Crippen LogP contribution in [0.1, 0.15) is 10.4 Å². The van der Waals surface area contributed by atoms with Crippen molar-refractivity contribution in [2.75, 3.05) is 40.3 Å². The molecule has 3 aromatic rings. The smallest absolute Gasteiger partial charge is 0.252 e. The van der Waals surface area contributed by atoms with Crippen molar-refractivity contribution in [3.8, 4) is 11.5 Å². The lowest BCUT2D eigenvalue weighted by Crippen LogP contribution is -2.34. The predicted molar refractivity (Wildman–Crippen MR) is 115 cm³/mol. The van der Waals surface area contributed by atoms with Crippen molar-refractivity contribution in [1.29, 1.82) is 0 Å². The van der Waals surface area contributed by atoms with Crippen LogP contribution in [0.2, 0.25) is 0 Å². The fourth-order valence-electron chi connectivity index (χ4n) is 3.00. The summed E-state index contributed by atoms with van der Waals surface area (Å²) in [5.74, 6) is 1.53. The summed E-state index contributed by atoms with van der Waals surface area (Å²) in [4.78, 5) is 17.5. The number of nitrogens with one attached hydrogen (secondary N) is 2. The summed E-state index contributed by atoms with van der Waals surface area (Å²) in [6, 6.07) is 14.6. The fourth-order valence-corrected chi connectivity index (χ4v) is 3.00. The van der Waals surface area contributed by atoms with Crippen molar-refractivity contribution in [3.05, 3.63) is 54.1 Å². The third-order valence-electron chi connectivity index (χ3n) is 4.59. The molecule has 0 atom stereocenters. The highest BCUT2D eigenvalue weighted by Crippen LogP contribution is 2.32. The SMILES string of the molecule is COc1ccc(Nc2cc(C(=O)NCC(OC)OC)c3ccccc3n2)c(OC)c1. The van der Waals surface area contributed by atoms with Gasteiger partial charge in [-0.2, -0.15) is 0 Å². The Morgan fingerprint density at radius 2 is 1.77 bits per heavy atom. The standard InChI is InChI=1S/C22H25N3O5/c1-27-14-9-10-18(19(11-14)28-2)25-20-12-16(15-7-5-6-8-17(15)24-20)22(26)23-13-21(29-3)30-4/h5-12,21H,13H2,1-4H3,(H,23,26)(H,24,25). The van der Waals surface area contributed by atoms with Crippen LogP contribution in [0.25, 0.3) is 10.9 Å². The van der Waals surface area contributed by atoms with Gasteiger partial charge in [0.1, 0.15) is 17.3 Å². The summed E-state index contributed by atoms with van der Waals surface area (Å²) in [5, 5.41) is 6.81. The summed E-state index contributed by atoms with van der Waals surface area (Å²) in [5.41, 5.74) is 1.88. The second-order valence-corrected chi connectivity index (χ2v) is 6.37. The second kappa shape index (κ2) is 9.91. The quantitative estimate of drug-likeness (QED) is 0.522. The van der Waals surface area contributed by atoms with Gasteiger partial charge >= 0.3 is 0 Å². The molecule has 8 nitrogen and oxygen atoms in total.